The lowest BCUT2D eigenvalue weighted by molar-refractivity contribution is -0.141. The zero-order chi connectivity index (χ0) is 18.5. The van der Waals surface area contributed by atoms with E-state index < -0.39 is 12.1 Å². The summed E-state index contributed by atoms with van der Waals surface area (Å²) < 4.78 is 10.1. The average molecular weight is 345 g/mol. The Morgan fingerprint density at radius 1 is 1.04 bits per heavy atom. The minimum atomic E-state index is -0.644. The van der Waals surface area contributed by atoms with E-state index in [-0.39, 0.29) is 19.8 Å². The molecule has 5 heteroatoms. The Balaban J connectivity index is 2.15. The Hall–Kier alpha value is -2.56. The number of hydrogen-bond donors (Lipinski definition) is 1. The fourth-order valence-electron chi connectivity index (χ4n) is 1.94. The van der Waals surface area contributed by atoms with Crippen molar-refractivity contribution in [3.63, 3.8) is 0 Å². The number of rotatable bonds is 9. The number of alkyl carbamates (subject to hydrolysis) is 1. The highest BCUT2D eigenvalue weighted by molar-refractivity contribution is 5.77. The minimum Gasteiger partial charge on any atom is -0.460 e. The summed E-state index contributed by atoms with van der Waals surface area (Å²) >= 11 is 0. The van der Waals surface area contributed by atoms with Crippen LogP contribution in [0.25, 0.3) is 0 Å². The van der Waals surface area contributed by atoms with Crippen LogP contribution in [0.1, 0.15) is 39.2 Å². The van der Waals surface area contributed by atoms with Crippen molar-refractivity contribution in [3.8, 4) is 0 Å². The van der Waals surface area contributed by atoms with E-state index in [0.717, 1.165) is 18.4 Å². The third kappa shape index (κ3) is 10.8. The third-order valence-corrected chi connectivity index (χ3v) is 3.36. The molecule has 0 aliphatic carbocycles. The normalized spacial score (nSPS) is 10.8. The largest absolute Gasteiger partial charge is 0.460 e. The molecule has 1 rings (SSSR count). The highest BCUT2D eigenvalue weighted by atomic mass is 16.6. The molecule has 0 atom stereocenters. The number of nitrogens with one attached hydrogen (secondary N) is 1. The first kappa shape index (κ1) is 20.5. The molecule has 1 amide bonds. The van der Waals surface area contributed by atoms with E-state index >= 15 is 0 Å². The first-order valence-electron chi connectivity index (χ1n) is 8.36. The van der Waals surface area contributed by atoms with Gasteiger partial charge in [-0.2, -0.15) is 0 Å². The fraction of sp³-hybridized carbons (Fsp3) is 0.400. The molecule has 1 aromatic carbocycles. The Labute approximate surface area is 149 Å². The molecule has 1 N–H and O–H groups in total. The number of allylic oxidation sites excluding steroid dienone is 3. The van der Waals surface area contributed by atoms with Crippen LogP contribution >= 0.6 is 0 Å². The van der Waals surface area contributed by atoms with Crippen LogP contribution < -0.4 is 5.32 Å². The predicted octanol–water partition coefficient (Wildman–Crippen LogP) is 4.15. The van der Waals surface area contributed by atoms with Gasteiger partial charge in [0.05, 0.1) is 0 Å². The van der Waals surface area contributed by atoms with Crippen molar-refractivity contribution in [2.24, 2.45) is 0 Å². The van der Waals surface area contributed by atoms with Crippen LogP contribution in [0.4, 0.5) is 4.79 Å². The van der Waals surface area contributed by atoms with Gasteiger partial charge in [-0.05, 0) is 45.3 Å². The quantitative estimate of drug-likeness (QED) is 0.539. The van der Waals surface area contributed by atoms with Crippen molar-refractivity contribution < 1.29 is 19.1 Å². The van der Waals surface area contributed by atoms with Gasteiger partial charge in [0.2, 0.25) is 0 Å². The van der Waals surface area contributed by atoms with Crippen molar-refractivity contribution in [3.05, 3.63) is 59.2 Å². The lowest BCUT2D eigenvalue weighted by atomic mass is 10.1. The van der Waals surface area contributed by atoms with E-state index in [0.29, 0.717) is 0 Å². The van der Waals surface area contributed by atoms with E-state index in [4.69, 9.17) is 9.47 Å². The van der Waals surface area contributed by atoms with Crippen molar-refractivity contribution >= 4 is 12.1 Å². The van der Waals surface area contributed by atoms with Gasteiger partial charge in [-0.1, -0.05) is 47.6 Å². The van der Waals surface area contributed by atoms with Crippen LogP contribution in [0.15, 0.2) is 53.6 Å². The summed E-state index contributed by atoms with van der Waals surface area (Å²) in [6.45, 7) is 6.30. The van der Waals surface area contributed by atoms with Crippen LogP contribution in [0.3, 0.4) is 0 Å². The summed E-state index contributed by atoms with van der Waals surface area (Å²) in [5, 5.41) is 2.37. The first-order valence-corrected chi connectivity index (χ1v) is 8.36. The smallest absolute Gasteiger partial charge is 0.407 e. The van der Waals surface area contributed by atoms with Gasteiger partial charge in [0.25, 0.3) is 0 Å². The second-order valence-electron chi connectivity index (χ2n) is 5.97. The van der Waals surface area contributed by atoms with Crippen molar-refractivity contribution in [2.75, 3.05) is 13.2 Å². The molecule has 25 heavy (non-hydrogen) atoms. The molecule has 136 valence electrons. The van der Waals surface area contributed by atoms with Gasteiger partial charge >= 0.3 is 12.1 Å². The molecule has 0 spiro atoms. The lowest BCUT2D eigenvalue weighted by Crippen LogP contribution is -2.31. The second-order valence-corrected chi connectivity index (χ2v) is 5.97. The van der Waals surface area contributed by atoms with E-state index in [1.807, 2.05) is 43.3 Å². The van der Waals surface area contributed by atoms with Crippen LogP contribution in [0, 0.1) is 0 Å². The van der Waals surface area contributed by atoms with E-state index in [1.165, 1.54) is 11.1 Å². The average Bonchev–Trinajstić information content (AvgIpc) is 2.58. The van der Waals surface area contributed by atoms with Crippen LogP contribution in [-0.2, 0) is 20.9 Å². The molecule has 0 fully saturated rings. The van der Waals surface area contributed by atoms with Crippen LogP contribution in [0.2, 0.25) is 0 Å². The number of amides is 1. The number of ether oxygens (including phenoxy) is 2. The van der Waals surface area contributed by atoms with Gasteiger partial charge in [0.1, 0.15) is 19.8 Å². The fourth-order valence-corrected chi connectivity index (χ4v) is 1.94. The summed E-state index contributed by atoms with van der Waals surface area (Å²) in [4.78, 5) is 23.1. The van der Waals surface area contributed by atoms with Gasteiger partial charge in [-0.25, -0.2) is 4.79 Å². The topological polar surface area (TPSA) is 64.6 Å². The Morgan fingerprint density at radius 3 is 2.44 bits per heavy atom. The molecule has 5 nitrogen and oxygen atoms in total. The SMILES string of the molecule is CC(C)=CCC/C(C)=C\COC(=O)CNC(=O)OCc1ccccc1. The van der Waals surface area contributed by atoms with Crippen molar-refractivity contribution in [1.82, 2.24) is 5.32 Å². The predicted molar refractivity (Wildman–Crippen MR) is 98.0 cm³/mol. The van der Waals surface area contributed by atoms with E-state index in [1.54, 1.807) is 0 Å². The molecule has 0 aliphatic rings. The molecule has 0 heterocycles. The molecule has 0 aliphatic heterocycles. The maximum absolute atomic E-state index is 11.6. The summed E-state index contributed by atoms with van der Waals surface area (Å²) in [5.41, 5.74) is 3.35. The van der Waals surface area contributed by atoms with Gasteiger partial charge in [-0.3, -0.25) is 4.79 Å². The molecular weight excluding hydrogens is 318 g/mol. The number of benzene rings is 1. The molecule has 0 unspecified atom stereocenters. The molecule has 0 saturated carbocycles. The van der Waals surface area contributed by atoms with Crippen LogP contribution in [-0.4, -0.2) is 25.2 Å². The van der Waals surface area contributed by atoms with E-state index in [9.17, 15) is 9.59 Å². The van der Waals surface area contributed by atoms with Crippen molar-refractivity contribution in [1.29, 1.82) is 0 Å². The Bertz CT molecular complexity index is 601. The monoisotopic (exact) mass is 345 g/mol. The minimum absolute atomic E-state index is 0.162. The molecule has 0 aromatic heterocycles. The summed E-state index contributed by atoms with van der Waals surface area (Å²) in [6.07, 6.45) is 5.33. The first-order chi connectivity index (χ1) is 12.0. The molecule has 0 bridgehead atoms. The number of carbonyl (C=O) groups excluding carboxylic acids is 2. The Kier molecular flexibility index (Phi) is 9.75. The summed E-state index contributed by atoms with van der Waals surface area (Å²) in [7, 11) is 0. The summed E-state index contributed by atoms with van der Waals surface area (Å²) in [5.74, 6) is -0.495. The summed E-state index contributed by atoms with van der Waals surface area (Å²) in [6, 6.07) is 9.32. The molecular formula is C20H27NO4. The van der Waals surface area contributed by atoms with E-state index in [2.05, 4.69) is 25.2 Å². The zero-order valence-electron chi connectivity index (χ0n) is 15.2. The number of esters is 1. The standard InChI is InChI=1S/C20H27NO4/c1-16(2)8-7-9-17(3)12-13-24-19(22)14-21-20(23)25-15-18-10-5-4-6-11-18/h4-6,8,10-12H,7,9,13-15H2,1-3H3,(H,21,23)/b17-12-. The molecule has 0 radical (unpaired) electrons. The maximum atomic E-state index is 11.6. The molecule has 0 saturated heterocycles. The van der Waals surface area contributed by atoms with Gasteiger partial charge in [0.15, 0.2) is 0 Å². The highest BCUT2D eigenvalue weighted by Crippen LogP contribution is 2.06. The van der Waals surface area contributed by atoms with Gasteiger partial charge < -0.3 is 14.8 Å². The van der Waals surface area contributed by atoms with Gasteiger partial charge in [0, 0.05) is 0 Å². The maximum Gasteiger partial charge on any atom is 0.407 e. The Morgan fingerprint density at radius 2 is 1.76 bits per heavy atom. The second kappa shape index (κ2) is 11.9. The lowest BCUT2D eigenvalue weighted by Gasteiger charge is -2.07. The number of hydrogen-bond acceptors (Lipinski definition) is 4. The molecule has 1 aromatic rings. The van der Waals surface area contributed by atoms with Gasteiger partial charge in [-0.15, -0.1) is 0 Å². The third-order valence-electron chi connectivity index (χ3n) is 3.36. The van der Waals surface area contributed by atoms with Crippen LogP contribution in [0.5, 0.6) is 0 Å². The zero-order valence-corrected chi connectivity index (χ0v) is 15.2. The number of carbonyl (C=O) groups is 2. The highest BCUT2D eigenvalue weighted by Gasteiger charge is 2.07. The van der Waals surface area contributed by atoms with Crippen molar-refractivity contribution in [2.45, 2.75) is 40.2 Å².